The van der Waals surface area contributed by atoms with Gasteiger partial charge in [-0.3, -0.25) is 9.88 Å². The normalized spacial score (nSPS) is 20.4. The molecular weight excluding hydrogens is 508 g/mol. The third kappa shape index (κ3) is 5.52. The SMILES string of the molecule is CC1CN(Cc2ccc(-c3cccc4ncc(-c5ccc(N6CCN(C)CC6)nc5)nc34)cc2)CCS1(=O)=O. The van der Waals surface area contributed by atoms with Crippen LogP contribution in [-0.4, -0.2) is 90.5 Å². The van der Waals surface area contributed by atoms with E-state index in [2.05, 4.69) is 64.2 Å². The van der Waals surface area contributed by atoms with E-state index in [1.807, 2.05) is 24.5 Å². The molecule has 2 aromatic carbocycles. The molecule has 4 aromatic rings. The molecule has 0 saturated carbocycles. The fraction of sp³-hybridized carbons (Fsp3) is 0.367. The number of likely N-dealkylation sites (N-methyl/N-ethyl adjacent to an activating group) is 1. The first-order valence-corrected chi connectivity index (χ1v) is 15.3. The average molecular weight is 543 g/mol. The smallest absolute Gasteiger partial charge is 0.155 e. The Kier molecular flexibility index (Phi) is 7.05. The summed E-state index contributed by atoms with van der Waals surface area (Å²) in [4.78, 5) is 21.4. The fourth-order valence-electron chi connectivity index (χ4n) is 5.38. The van der Waals surface area contributed by atoms with Crippen molar-refractivity contribution >= 4 is 26.7 Å². The van der Waals surface area contributed by atoms with Crippen molar-refractivity contribution in [3.8, 4) is 22.4 Å². The highest BCUT2D eigenvalue weighted by Gasteiger charge is 2.29. The molecule has 1 atom stereocenters. The highest BCUT2D eigenvalue weighted by Crippen LogP contribution is 2.29. The zero-order valence-corrected chi connectivity index (χ0v) is 23.3. The molecule has 1 unspecified atom stereocenters. The molecule has 0 spiro atoms. The Hall–Kier alpha value is -3.40. The summed E-state index contributed by atoms with van der Waals surface area (Å²) in [5, 5.41) is -0.313. The number of nitrogens with zero attached hydrogens (tertiary/aromatic N) is 6. The standard InChI is InChI=1S/C30H34N6O2S/c1-22-20-35(16-17-39(22,37)38)21-23-6-8-24(9-7-23)26-4-3-5-27-30(26)33-28(19-31-27)25-10-11-29(32-18-25)36-14-12-34(2)13-15-36/h3-11,18-19,22H,12-17,20-21H2,1-2H3. The highest BCUT2D eigenvalue weighted by molar-refractivity contribution is 7.92. The van der Waals surface area contributed by atoms with Gasteiger partial charge in [0.05, 0.1) is 33.9 Å². The molecule has 202 valence electrons. The van der Waals surface area contributed by atoms with E-state index in [4.69, 9.17) is 15.0 Å². The lowest BCUT2D eigenvalue weighted by Gasteiger charge is -2.33. The molecule has 0 N–H and O–H groups in total. The second-order valence-corrected chi connectivity index (χ2v) is 13.3. The van der Waals surface area contributed by atoms with Gasteiger partial charge >= 0.3 is 0 Å². The van der Waals surface area contributed by atoms with Crippen molar-refractivity contribution < 1.29 is 8.42 Å². The number of hydrogen-bond acceptors (Lipinski definition) is 8. The van der Waals surface area contributed by atoms with Gasteiger partial charge in [-0.15, -0.1) is 0 Å². The number of anilines is 1. The van der Waals surface area contributed by atoms with Crippen molar-refractivity contribution in [1.29, 1.82) is 0 Å². The highest BCUT2D eigenvalue weighted by atomic mass is 32.2. The van der Waals surface area contributed by atoms with Crippen LogP contribution in [0.1, 0.15) is 12.5 Å². The number of hydrogen-bond donors (Lipinski definition) is 0. The minimum Gasteiger partial charge on any atom is -0.354 e. The number of sulfone groups is 1. The lowest BCUT2D eigenvalue weighted by atomic mass is 10.0. The van der Waals surface area contributed by atoms with Gasteiger partial charge in [0, 0.05) is 63.1 Å². The number of rotatable bonds is 5. The van der Waals surface area contributed by atoms with Crippen molar-refractivity contribution in [2.45, 2.75) is 18.7 Å². The summed E-state index contributed by atoms with van der Waals surface area (Å²) in [6, 6.07) is 18.7. The first-order valence-electron chi connectivity index (χ1n) is 13.5. The Morgan fingerprint density at radius 3 is 2.36 bits per heavy atom. The number of benzene rings is 2. The van der Waals surface area contributed by atoms with Gasteiger partial charge in [0.15, 0.2) is 9.84 Å². The molecular formula is C30H34N6O2S. The van der Waals surface area contributed by atoms with Gasteiger partial charge < -0.3 is 9.80 Å². The quantitative estimate of drug-likeness (QED) is 0.377. The van der Waals surface area contributed by atoms with Crippen molar-refractivity contribution in [3.05, 3.63) is 72.6 Å². The van der Waals surface area contributed by atoms with Gasteiger partial charge in [-0.05, 0) is 43.3 Å². The van der Waals surface area contributed by atoms with Gasteiger partial charge in [0.2, 0.25) is 0 Å². The maximum atomic E-state index is 12.0. The Morgan fingerprint density at radius 1 is 0.872 bits per heavy atom. The van der Waals surface area contributed by atoms with Crippen LogP contribution in [0, 0.1) is 0 Å². The number of pyridine rings is 1. The molecule has 2 aliphatic rings. The van der Waals surface area contributed by atoms with Crippen LogP contribution < -0.4 is 4.90 Å². The van der Waals surface area contributed by atoms with Crippen molar-refractivity contribution in [1.82, 2.24) is 24.8 Å². The predicted molar refractivity (Wildman–Crippen MR) is 156 cm³/mol. The van der Waals surface area contributed by atoms with E-state index in [1.54, 1.807) is 6.92 Å². The minimum absolute atomic E-state index is 0.233. The summed E-state index contributed by atoms with van der Waals surface area (Å²) in [7, 11) is -0.792. The van der Waals surface area contributed by atoms with E-state index in [0.29, 0.717) is 13.1 Å². The maximum Gasteiger partial charge on any atom is 0.155 e. The lowest BCUT2D eigenvalue weighted by Crippen LogP contribution is -2.44. The van der Waals surface area contributed by atoms with E-state index < -0.39 is 9.84 Å². The summed E-state index contributed by atoms with van der Waals surface area (Å²) in [5.41, 5.74) is 6.75. The number of fused-ring (bicyclic) bond motifs is 1. The largest absolute Gasteiger partial charge is 0.354 e. The molecule has 8 nitrogen and oxygen atoms in total. The molecule has 2 aliphatic heterocycles. The van der Waals surface area contributed by atoms with Crippen LogP contribution in [0.3, 0.4) is 0 Å². The van der Waals surface area contributed by atoms with Crippen LogP contribution in [-0.2, 0) is 16.4 Å². The summed E-state index contributed by atoms with van der Waals surface area (Å²) in [5.74, 6) is 1.24. The Balaban J connectivity index is 1.22. The van der Waals surface area contributed by atoms with Gasteiger partial charge in [0.25, 0.3) is 0 Å². The van der Waals surface area contributed by atoms with E-state index in [9.17, 15) is 8.42 Å². The van der Waals surface area contributed by atoms with Crippen LogP contribution >= 0.6 is 0 Å². The number of para-hydroxylation sites is 1. The fourth-order valence-corrected chi connectivity index (χ4v) is 6.74. The molecule has 2 saturated heterocycles. The first-order chi connectivity index (χ1) is 18.9. The zero-order chi connectivity index (χ0) is 27.0. The van der Waals surface area contributed by atoms with Crippen LogP contribution in [0.25, 0.3) is 33.4 Å². The third-order valence-electron chi connectivity index (χ3n) is 7.94. The third-order valence-corrected chi connectivity index (χ3v) is 10.1. The van der Waals surface area contributed by atoms with Crippen LogP contribution in [0.4, 0.5) is 5.82 Å². The second kappa shape index (κ2) is 10.6. The lowest BCUT2D eigenvalue weighted by molar-refractivity contribution is 0.270. The molecule has 39 heavy (non-hydrogen) atoms. The topological polar surface area (TPSA) is 82.5 Å². The summed E-state index contributed by atoms with van der Waals surface area (Å²) in [6.07, 6.45) is 3.72. The van der Waals surface area contributed by atoms with E-state index >= 15 is 0 Å². The second-order valence-electron chi connectivity index (χ2n) is 10.7. The molecule has 0 aliphatic carbocycles. The summed E-state index contributed by atoms with van der Waals surface area (Å²) >= 11 is 0. The van der Waals surface area contributed by atoms with E-state index in [1.165, 1.54) is 5.56 Å². The molecule has 6 rings (SSSR count). The van der Waals surface area contributed by atoms with E-state index in [0.717, 1.165) is 72.0 Å². The van der Waals surface area contributed by atoms with Crippen molar-refractivity contribution in [2.75, 3.05) is 57.0 Å². The van der Waals surface area contributed by atoms with E-state index in [-0.39, 0.29) is 11.0 Å². The summed E-state index contributed by atoms with van der Waals surface area (Å²) < 4.78 is 24.1. The van der Waals surface area contributed by atoms with Gasteiger partial charge in [-0.25, -0.2) is 18.4 Å². The molecule has 2 aromatic heterocycles. The monoisotopic (exact) mass is 542 g/mol. The van der Waals surface area contributed by atoms with Crippen molar-refractivity contribution in [2.24, 2.45) is 0 Å². The zero-order valence-electron chi connectivity index (χ0n) is 22.5. The molecule has 9 heteroatoms. The molecule has 0 amide bonds. The predicted octanol–water partition coefficient (Wildman–Crippen LogP) is 3.73. The minimum atomic E-state index is -2.95. The van der Waals surface area contributed by atoms with Crippen LogP contribution in [0.15, 0.2) is 67.0 Å². The average Bonchev–Trinajstić information content (AvgIpc) is 2.96. The van der Waals surface area contributed by atoms with Crippen LogP contribution in [0.5, 0.6) is 0 Å². The molecule has 4 heterocycles. The van der Waals surface area contributed by atoms with Gasteiger partial charge in [-0.2, -0.15) is 0 Å². The van der Waals surface area contributed by atoms with Crippen molar-refractivity contribution in [3.63, 3.8) is 0 Å². The Morgan fingerprint density at radius 2 is 1.64 bits per heavy atom. The van der Waals surface area contributed by atoms with Gasteiger partial charge in [-0.1, -0.05) is 36.4 Å². The first kappa shape index (κ1) is 25.9. The number of piperazine rings is 1. The van der Waals surface area contributed by atoms with Gasteiger partial charge in [0.1, 0.15) is 5.82 Å². The number of aromatic nitrogens is 3. The summed E-state index contributed by atoms with van der Waals surface area (Å²) in [6.45, 7) is 7.78. The Labute approximate surface area is 230 Å². The maximum absolute atomic E-state index is 12.0. The molecule has 2 fully saturated rings. The Bertz CT molecular complexity index is 1570. The van der Waals surface area contributed by atoms with Crippen LogP contribution in [0.2, 0.25) is 0 Å². The molecule has 0 radical (unpaired) electrons. The molecule has 0 bridgehead atoms.